The summed E-state index contributed by atoms with van der Waals surface area (Å²) in [5.41, 5.74) is 0.942. The molecule has 7 heteroatoms. The highest BCUT2D eigenvalue weighted by atomic mass is 35.5. The molecule has 1 heterocycles. The quantitative estimate of drug-likeness (QED) is 0.944. The third kappa shape index (κ3) is 3.03. The lowest BCUT2D eigenvalue weighted by atomic mass is 10.2. The van der Waals surface area contributed by atoms with Gasteiger partial charge in [0, 0.05) is 13.6 Å². The first-order chi connectivity index (χ1) is 9.00. The molecule has 0 saturated heterocycles. The normalized spacial score (nSPS) is 10.5. The van der Waals surface area contributed by atoms with Crippen molar-refractivity contribution in [1.29, 1.82) is 0 Å². The first-order valence-corrected chi connectivity index (χ1v) is 6.51. The number of nitrogens with zero attached hydrogens (tertiary/aromatic N) is 2. The summed E-state index contributed by atoms with van der Waals surface area (Å²) in [6.45, 7) is 0.463. The Kier molecular flexibility index (Phi) is 4.34. The average molecular weight is 319 g/mol. The summed E-state index contributed by atoms with van der Waals surface area (Å²) in [6.07, 6.45) is 1.49. The van der Waals surface area contributed by atoms with Crippen LogP contribution in [0.3, 0.4) is 0 Å². The van der Waals surface area contributed by atoms with E-state index in [1.54, 1.807) is 18.0 Å². The van der Waals surface area contributed by atoms with Crippen molar-refractivity contribution in [2.75, 3.05) is 11.9 Å². The van der Waals surface area contributed by atoms with Crippen LogP contribution in [0.15, 0.2) is 29.2 Å². The molecule has 0 radical (unpaired) electrons. The summed E-state index contributed by atoms with van der Waals surface area (Å²) >= 11 is 18.0. The summed E-state index contributed by atoms with van der Waals surface area (Å²) in [5, 5.41) is 7.07. The van der Waals surface area contributed by atoms with E-state index in [-0.39, 0.29) is 5.02 Å². The molecule has 0 saturated carbocycles. The van der Waals surface area contributed by atoms with Gasteiger partial charge in [-0.05, 0) is 11.6 Å². The number of hydrogen-bond donors (Lipinski definition) is 1. The van der Waals surface area contributed by atoms with Crippen LogP contribution >= 0.6 is 34.8 Å². The fourth-order valence-corrected chi connectivity index (χ4v) is 2.27. The number of H-pyrrole nitrogens is 1. The predicted octanol–water partition coefficient (Wildman–Crippen LogP) is 3.37. The van der Waals surface area contributed by atoms with Gasteiger partial charge in [0.05, 0.1) is 21.9 Å². The fraction of sp³-hybridized carbons (Fsp3) is 0.167. The van der Waals surface area contributed by atoms with E-state index < -0.39 is 5.56 Å². The highest BCUT2D eigenvalue weighted by molar-refractivity contribution is 6.42. The first kappa shape index (κ1) is 14.2. The summed E-state index contributed by atoms with van der Waals surface area (Å²) < 4.78 is 0. The summed E-state index contributed by atoms with van der Waals surface area (Å²) in [7, 11) is 1.79. The van der Waals surface area contributed by atoms with E-state index in [0.717, 1.165) is 5.56 Å². The van der Waals surface area contributed by atoms with Crippen molar-refractivity contribution < 1.29 is 0 Å². The molecule has 0 aliphatic heterocycles. The monoisotopic (exact) mass is 317 g/mol. The second-order valence-electron chi connectivity index (χ2n) is 3.97. The van der Waals surface area contributed by atoms with E-state index in [1.165, 1.54) is 6.20 Å². The highest BCUT2D eigenvalue weighted by Gasteiger charge is 2.12. The molecule has 100 valence electrons. The van der Waals surface area contributed by atoms with E-state index in [0.29, 0.717) is 22.3 Å². The highest BCUT2D eigenvalue weighted by Crippen LogP contribution is 2.28. The van der Waals surface area contributed by atoms with Crippen molar-refractivity contribution in [3.05, 3.63) is 55.4 Å². The van der Waals surface area contributed by atoms with Crippen LogP contribution in [0.1, 0.15) is 5.56 Å². The van der Waals surface area contributed by atoms with Crippen LogP contribution < -0.4 is 10.5 Å². The van der Waals surface area contributed by atoms with Gasteiger partial charge in [-0.1, -0.05) is 46.9 Å². The Labute approximate surface area is 124 Å². The summed E-state index contributed by atoms with van der Waals surface area (Å²) in [6, 6.07) is 5.39. The summed E-state index contributed by atoms with van der Waals surface area (Å²) in [4.78, 5) is 13.2. The lowest BCUT2D eigenvalue weighted by molar-refractivity contribution is 0.894. The molecule has 4 nitrogen and oxygen atoms in total. The lowest BCUT2D eigenvalue weighted by Gasteiger charge is -2.20. The minimum absolute atomic E-state index is 0.0932. The molecule has 0 unspecified atom stereocenters. The maximum Gasteiger partial charge on any atom is 0.285 e. The molecule has 2 aromatic rings. The van der Waals surface area contributed by atoms with Gasteiger partial charge in [0.2, 0.25) is 0 Å². The Morgan fingerprint density at radius 2 is 2.00 bits per heavy atom. The standard InChI is InChI=1S/C12H10Cl3N3O/c1-18(9-5-16-17-12(19)11(9)15)6-7-3-2-4-8(13)10(7)14/h2-5H,6H2,1H3,(H,17,19). The molecule has 0 fully saturated rings. The van der Waals surface area contributed by atoms with Crippen molar-refractivity contribution in [3.8, 4) is 0 Å². The van der Waals surface area contributed by atoms with Crippen molar-refractivity contribution in [3.63, 3.8) is 0 Å². The van der Waals surface area contributed by atoms with Gasteiger partial charge in [0.25, 0.3) is 5.56 Å². The number of aromatic amines is 1. The minimum atomic E-state index is -0.428. The van der Waals surface area contributed by atoms with Crippen molar-refractivity contribution in [2.45, 2.75) is 6.54 Å². The van der Waals surface area contributed by atoms with Crippen molar-refractivity contribution in [2.24, 2.45) is 0 Å². The average Bonchev–Trinajstić information content (AvgIpc) is 2.38. The Hall–Kier alpha value is -1.23. The topological polar surface area (TPSA) is 49.0 Å². The minimum Gasteiger partial charge on any atom is -0.368 e. The van der Waals surface area contributed by atoms with Gasteiger partial charge in [-0.15, -0.1) is 0 Å². The van der Waals surface area contributed by atoms with E-state index in [2.05, 4.69) is 10.2 Å². The molecule has 1 aromatic heterocycles. The number of aromatic nitrogens is 2. The van der Waals surface area contributed by atoms with Crippen LogP contribution in [-0.4, -0.2) is 17.2 Å². The SMILES string of the molecule is CN(Cc1cccc(Cl)c1Cl)c1cn[nH]c(=O)c1Cl. The number of rotatable bonds is 3. The molecule has 1 N–H and O–H groups in total. The Bertz CT molecular complexity index is 657. The third-order valence-corrected chi connectivity index (χ3v) is 3.85. The number of hydrogen-bond acceptors (Lipinski definition) is 3. The molecule has 0 amide bonds. The van der Waals surface area contributed by atoms with Crippen molar-refractivity contribution in [1.82, 2.24) is 10.2 Å². The Balaban J connectivity index is 2.31. The molecule has 0 spiro atoms. The van der Waals surface area contributed by atoms with Crippen LogP contribution in [0, 0.1) is 0 Å². The Morgan fingerprint density at radius 1 is 1.26 bits per heavy atom. The summed E-state index contributed by atoms with van der Waals surface area (Å²) in [5.74, 6) is 0. The molecule has 19 heavy (non-hydrogen) atoms. The molecular weight excluding hydrogens is 309 g/mol. The van der Waals surface area contributed by atoms with Crippen LogP contribution in [0.2, 0.25) is 15.1 Å². The number of anilines is 1. The van der Waals surface area contributed by atoms with E-state index >= 15 is 0 Å². The van der Waals surface area contributed by atoms with Crippen LogP contribution in [-0.2, 0) is 6.54 Å². The van der Waals surface area contributed by atoms with Gasteiger partial charge in [-0.2, -0.15) is 5.10 Å². The van der Waals surface area contributed by atoms with Gasteiger partial charge >= 0.3 is 0 Å². The van der Waals surface area contributed by atoms with E-state index in [4.69, 9.17) is 34.8 Å². The second-order valence-corrected chi connectivity index (χ2v) is 5.13. The second kappa shape index (κ2) is 5.82. The molecule has 0 bridgehead atoms. The number of halogens is 3. The van der Waals surface area contributed by atoms with Crippen LogP contribution in [0.5, 0.6) is 0 Å². The zero-order chi connectivity index (χ0) is 14.0. The van der Waals surface area contributed by atoms with Gasteiger partial charge < -0.3 is 4.90 Å². The molecule has 1 aromatic carbocycles. The largest absolute Gasteiger partial charge is 0.368 e. The molecule has 0 atom stereocenters. The van der Waals surface area contributed by atoms with Gasteiger partial charge in [0.1, 0.15) is 5.02 Å². The molecular formula is C12H10Cl3N3O. The smallest absolute Gasteiger partial charge is 0.285 e. The molecule has 0 aliphatic carbocycles. The fourth-order valence-electron chi connectivity index (χ4n) is 1.65. The van der Waals surface area contributed by atoms with Crippen molar-refractivity contribution >= 4 is 40.5 Å². The Morgan fingerprint density at radius 3 is 2.74 bits per heavy atom. The molecule has 2 rings (SSSR count). The number of benzene rings is 1. The maximum atomic E-state index is 11.4. The first-order valence-electron chi connectivity index (χ1n) is 5.38. The van der Waals surface area contributed by atoms with Crippen LogP contribution in [0.25, 0.3) is 0 Å². The zero-order valence-electron chi connectivity index (χ0n) is 9.95. The van der Waals surface area contributed by atoms with Crippen LogP contribution in [0.4, 0.5) is 5.69 Å². The third-order valence-electron chi connectivity index (χ3n) is 2.63. The maximum absolute atomic E-state index is 11.4. The van der Waals surface area contributed by atoms with Gasteiger partial charge in [-0.3, -0.25) is 4.79 Å². The number of nitrogens with one attached hydrogen (secondary N) is 1. The molecule has 0 aliphatic rings. The van der Waals surface area contributed by atoms with E-state index in [9.17, 15) is 4.79 Å². The lowest BCUT2D eigenvalue weighted by Crippen LogP contribution is -2.21. The van der Waals surface area contributed by atoms with Gasteiger partial charge in [0.15, 0.2) is 0 Å². The zero-order valence-corrected chi connectivity index (χ0v) is 12.2. The van der Waals surface area contributed by atoms with E-state index in [1.807, 2.05) is 12.1 Å². The van der Waals surface area contributed by atoms with Gasteiger partial charge in [-0.25, -0.2) is 5.10 Å². The predicted molar refractivity (Wildman–Crippen MR) is 78.4 cm³/mol.